The van der Waals surface area contributed by atoms with Crippen LogP contribution in [0.4, 0.5) is 6.01 Å². The summed E-state index contributed by atoms with van der Waals surface area (Å²) in [6.07, 6.45) is 0.466. The van der Waals surface area contributed by atoms with Gasteiger partial charge in [0, 0.05) is 0 Å². The summed E-state index contributed by atoms with van der Waals surface area (Å²) in [5, 5.41) is 10.8. The molecular weight excluding hydrogens is 378 g/mol. The van der Waals surface area contributed by atoms with Crippen molar-refractivity contribution in [1.82, 2.24) is 10.2 Å². The third-order valence-corrected chi connectivity index (χ3v) is 4.74. The summed E-state index contributed by atoms with van der Waals surface area (Å²) in [6, 6.07) is 26.9. The molecule has 0 unspecified atom stereocenters. The highest BCUT2D eigenvalue weighted by Gasteiger charge is 2.24. The van der Waals surface area contributed by atoms with Crippen LogP contribution in [0.25, 0.3) is 0 Å². The van der Waals surface area contributed by atoms with Crippen molar-refractivity contribution in [2.24, 2.45) is 0 Å². The van der Waals surface area contributed by atoms with Crippen LogP contribution in [0, 0.1) is 0 Å². The lowest BCUT2D eigenvalue weighted by atomic mass is 9.90. The number of ether oxygens (including phenoxy) is 1. The second kappa shape index (κ2) is 9.05. The summed E-state index contributed by atoms with van der Waals surface area (Å²) in [5.74, 6) is 0.493. The molecule has 30 heavy (non-hydrogen) atoms. The topological polar surface area (TPSA) is 77.3 Å². The van der Waals surface area contributed by atoms with E-state index in [-0.39, 0.29) is 11.9 Å². The second-order valence-corrected chi connectivity index (χ2v) is 6.77. The Labute approximate surface area is 174 Å². The summed E-state index contributed by atoms with van der Waals surface area (Å²) in [4.78, 5) is 13.1. The normalized spacial score (nSPS) is 10.7. The summed E-state index contributed by atoms with van der Waals surface area (Å²) < 4.78 is 10.8. The van der Waals surface area contributed by atoms with E-state index in [9.17, 15) is 4.79 Å². The van der Waals surface area contributed by atoms with Crippen LogP contribution in [0.2, 0.25) is 0 Å². The smallest absolute Gasteiger partial charge is 0.322 e. The van der Waals surface area contributed by atoms with Crippen LogP contribution in [0.3, 0.4) is 0 Å². The van der Waals surface area contributed by atoms with Gasteiger partial charge in [0.05, 0.1) is 19.4 Å². The number of hydrogen-bond donors (Lipinski definition) is 1. The molecule has 0 aliphatic rings. The van der Waals surface area contributed by atoms with Gasteiger partial charge in [0.2, 0.25) is 11.8 Å². The zero-order valence-corrected chi connectivity index (χ0v) is 16.5. The molecule has 6 heteroatoms. The molecular formula is C24H21N3O3. The Hall–Kier alpha value is -3.93. The van der Waals surface area contributed by atoms with Crippen LogP contribution in [0.15, 0.2) is 89.3 Å². The molecule has 6 nitrogen and oxygen atoms in total. The zero-order valence-electron chi connectivity index (χ0n) is 16.5. The predicted molar refractivity (Wildman–Crippen MR) is 113 cm³/mol. The highest BCUT2D eigenvalue weighted by Crippen LogP contribution is 2.26. The van der Waals surface area contributed by atoms with Crippen molar-refractivity contribution in [3.8, 4) is 5.75 Å². The standard InChI is InChI=1S/C24H21N3O3/c1-29-20-14-12-17(13-15-20)16-21-26-27-24(30-21)25-23(28)22(18-8-4-2-5-9-18)19-10-6-3-7-11-19/h2-15,22H,16H2,1H3,(H,25,27,28). The Morgan fingerprint density at radius 1 is 0.900 bits per heavy atom. The number of anilines is 1. The van der Waals surface area contributed by atoms with E-state index in [4.69, 9.17) is 9.15 Å². The zero-order chi connectivity index (χ0) is 20.8. The van der Waals surface area contributed by atoms with Gasteiger partial charge < -0.3 is 9.15 Å². The Morgan fingerprint density at radius 3 is 2.07 bits per heavy atom. The van der Waals surface area contributed by atoms with Crippen molar-refractivity contribution in [1.29, 1.82) is 0 Å². The Morgan fingerprint density at radius 2 is 1.50 bits per heavy atom. The molecule has 1 amide bonds. The van der Waals surface area contributed by atoms with E-state index in [1.54, 1.807) is 7.11 Å². The van der Waals surface area contributed by atoms with Gasteiger partial charge in [-0.15, -0.1) is 5.10 Å². The van der Waals surface area contributed by atoms with Gasteiger partial charge in [0.15, 0.2) is 0 Å². The third kappa shape index (κ3) is 4.55. The Balaban J connectivity index is 1.50. The Kier molecular flexibility index (Phi) is 5.85. The van der Waals surface area contributed by atoms with E-state index in [1.807, 2.05) is 84.9 Å². The van der Waals surface area contributed by atoms with Crippen molar-refractivity contribution in [2.45, 2.75) is 12.3 Å². The highest BCUT2D eigenvalue weighted by atomic mass is 16.5. The number of rotatable bonds is 7. The van der Waals surface area contributed by atoms with E-state index in [0.717, 1.165) is 22.4 Å². The maximum Gasteiger partial charge on any atom is 0.322 e. The van der Waals surface area contributed by atoms with Crippen LogP contribution in [0.5, 0.6) is 5.75 Å². The first-order chi connectivity index (χ1) is 14.7. The maximum absolute atomic E-state index is 13.1. The lowest BCUT2D eigenvalue weighted by Crippen LogP contribution is -2.22. The number of benzene rings is 3. The van der Waals surface area contributed by atoms with Crippen LogP contribution in [-0.2, 0) is 11.2 Å². The Bertz CT molecular complexity index is 1050. The number of carbonyl (C=O) groups excluding carboxylic acids is 1. The predicted octanol–water partition coefficient (Wildman–Crippen LogP) is 4.44. The van der Waals surface area contributed by atoms with Gasteiger partial charge in [0.25, 0.3) is 0 Å². The molecule has 0 saturated heterocycles. The number of hydrogen-bond acceptors (Lipinski definition) is 5. The molecule has 0 saturated carbocycles. The van der Waals surface area contributed by atoms with Crippen molar-refractivity contribution in [3.05, 3.63) is 108 Å². The minimum absolute atomic E-state index is 0.0837. The number of nitrogens with zero attached hydrogens (tertiary/aromatic N) is 2. The fourth-order valence-electron chi connectivity index (χ4n) is 3.26. The van der Waals surface area contributed by atoms with E-state index in [0.29, 0.717) is 12.3 Å². The lowest BCUT2D eigenvalue weighted by molar-refractivity contribution is -0.116. The first-order valence-corrected chi connectivity index (χ1v) is 9.59. The fraction of sp³-hybridized carbons (Fsp3) is 0.125. The molecule has 3 aromatic carbocycles. The van der Waals surface area contributed by atoms with Crippen LogP contribution < -0.4 is 10.1 Å². The van der Waals surface area contributed by atoms with Crippen LogP contribution in [-0.4, -0.2) is 23.2 Å². The van der Waals surface area contributed by atoms with Gasteiger partial charge in [-0.25, -0.2) is 0 Å². The van der Waals surface area contributed by atoms with Crippen LogP contribution >= 0.6 is 0 Å². The summed E-state index contributed by atoms with van der Waals surface area (Å²) in [5.41, 5.74) is 2.78. The molecule has 0 aliphatic carbocycles. The first kappa shape index (κ1) is 19.4. The highest BCUT2D eigenvalue weighted by molar-refractivity contribution is 5.96. The minimum Gasteiger partial charge on any atom is -0.497 e. The van der Waals surface area contributed by atoms with E-state index in [2.05, 4.69) is 15.5 Å². The average Bonchev–Trinajstić information content (AvgIpc) is 3.22. The molecule has 1 aromatic heterocycles. The number of aromatic nitrogens is 2. The number of carbonyl (C=O) groups is 1. The van der Waals surface area contributed by atoms with E-state index in [1.165, 1.54) is 0 Å². The van der Waals surface area contributed by atoms with Crippen LogP contribution in [0.1, 0.15) is 28.5 Å². The van der Waals surface area contributed by atoms with Gasteiger partial charge in [0.1, 0.15) is 5.75 Å². The minimum atomic E-state index is -0.482. The van der Waals surface area contributed by atoms with E-state index < -0.39 is 5.92 Å². The number of methoxy groups -OCH3 is 1. The van der Waals surface area contributed by atoms with Gasteiger partial charge in [-0.3, -0.25) is 10.1 Å². The van der Waals surface area contributed by atoms with Crippen molar-refractivity contribution in [3.63, 3.8) is 0 Å². The van der Waals surface area contributed by atoms with Gasteiger partial charge in [-0.05, 0) is 28.8 Å². The number of amides is 1. The second-order valence-electron chi connectivity index (χ2n) is 6.77. The van der Waals surface area contributed by atoms with Crippen molar-refractivity contribution < 1.29 is 13.9 Å². The molecule has 1 heterocycles. The third-order valence-electron chi connectivity index (χ3n) is 4.74. The summed E-state index contributed by atoms with van der Waals surface area (Å²) in [6.45, 7) is 0. The largest absolute Gasteiger partial charge is 0.497 e. The summed E-state index contributed by atoms with van der Waals surface area (Å²) in [7, 11) is 1.63. The monoisotopic (exact) mass is 399 g/mol. The van der Waals surface area contributed by atoms with Crippen molar-refractivity contribution >= 4 is 11.9 Å². The molecule has 4 aromatic rings. The molecule has 0 fully saturated rings. The molecule has 0 atom stereocenters. The first-order valence-electron chi connectivity index (χ1n) is 9.59. The molecule has 0 aliphatic heterocycles. The SMILES string of the molecule is COc1ccc(Cc2nnc(NC(=O)C(c3ccccc3)c3ccccc3)o2)cc1. The lowest BCUT2D eigenvalue weighted by Gasteiger charge is -2.16. The van der Waals surface area contributed by atoms with Gasteiger partial charge >= 0.3 is 6.01 Å². The van der Waals surface area contributed by atoms with Crippen molar-refractivity contribution in [2.75, 3.05) is 12.4 Å². The molecule has 0 radical (unpaired) electrons. The maximum atomic E-state index is 13.1. The molecule has 1 N–H and O–H groups in total. The molecule has 0 spiro atoms. The molecule has 0 bridgehead atoms. The van der Waals surface area contributed by atoms with Gasteiger partial charge in [-0.2, -0.15) is 0 Å². The fourth-order valence-corrected chi connectivity index (χ4v) is 3.26. The summed E-state index contributed by atoms with van der Waals surface area (Å²) >= 11 is 0. The number of nitrogens with one attached hydrogen (secondary N) is 1. The molecule has 150 valence electrons. The average molecular weight is 399 g/mol. The van der Waals surface area contributed by atoms with Gasteiger partial charge in [-0.1, -0.05) is 77.9 Å². The quantitative estimate of drug-likeness (QED) is 0.497. The molecule has 4 rings (SSSR count). The van der Waals surface area contributed by atoms with E-state index >= 15 is 0 Å².